The molecule has 9 aromatic carbocycles. The van der Waals surface area contributed by atoms with Crippen molar-refractivity contribution in [2.24, 2.45) is 0 Å². The van der Waals surface area contributed by atoms with Crippen LogP contribution in [0.5, 0.6) is 0 Å². The maximum absolute atomic E-state index is 10.0. The van der Waals surface area contributed by atoms with Gasteiger partial charge in [-0.25, -0.2) is 0 Å². The highest BCUT2D eigenvalue weighted by atomic mass is 15.1. The topological polar surface area (TPSA) is 14.8 Å². The lowest BCUT2D eigenvalue weighted by atomic mass is 9.99. The number of hydrogen-bond acceptors (Lipinski definition) is 0. The van der Waals surface area contributed by atoms with Crippen LogP contribution < -0.4 is 0 Å². The van der Waals surface area contributed by atoms with Gasteiger partial charge in [0.15, 0.2) is 0 Å². The minimum atomic E-state index is -0.777. The largest absolute Gasteiger partial charge is 0.309 e. The highest BCUT2D eigenvalue weighted by Gasteiger charge is 2.23. The Morgan fingerprint density at radius 1 is 0.316 bits per heavy atom. The summed E-state index contributed by atoms with van der Waals surface area (Å²) in [6.45, 7) is 0. The average Bonchev–Trinajstić information content (AvgIpc) is 4.02. The Kier molecular flexibility index (Phi) is 4.69. The molecule has 0 unspecified atom stereocenters. The van der Waals surface area contributed by atoms with Crippen molar-refractivity contribution in [3.05, 3.63) is 212 Å². The smallest absolute Gasteiger partial charge is 0.0782 e. The van der Waals surface area contributed by atoms with E-state index in [4.69, 9.17) is 11.0 Å². The van der Waals surface area contributed by atoms with E-state index in [9.17, 15) is 6.85 Å². The fraction of sp³-hybridized carbons (Fsp3) is 0. The molecule has 12 aromatic rings. The molecule has 57 heavy (non-hydrogen) atoms. The third-order valence-electron chi connectivity index (χ3n) is 10.9. The summed E-state index contributed by atoms with van der Waals surface area (Å²) in [6.07, 6.45) is 0. The van der Waals surface area contributed by atoms with E-state index in [-0.39, 0.29) is 5.69 Å². The maximum atomic E-state index is 10.0. The summed E-state index contributed by atoms with van der Waals surface area (Å²) in [4.78, 5) is 0. The highest BCUT2D eigenvalue weighted by molar-refractivity contribution is 6.18. The lowest BCUT2D eigenvalue weighted by Crippen LogP contribution is -2.01. The summed E-state index contributed by atoms with van der Waals surface area (Å²) in [7, 11) is 0. The number of benzene rings is 9. The first-order valence-electron chi connectivity index (χ1n) is 25.1. The minimum absolute atomic E-state index is 0.147. The van der Waals surface area contributed by atoms with Crippen molar-refractivity contribution in [1.29, 1.82) is 0 Å². The Morgan fingerprint density at radius 3 is 1.47 bits per heavy atom. The van der Waals surface area contributed by atoms with Gasteiger partial charge in [0.1, 0.15) is 0 Å². The monoisotopic (exact) mass is 738 g/mol. The van der Waals surface area contributed by atoms with E-state index in [1.807, 2.05) is 91.0 Å². The van der Waals surface area contributed by atoms with E-state index in [1.54, 1.807) is 4.57 Å². The van der Waals surface area contributed by atoms with Crippen LogP contribution in [0.25, 0.3) is 105 Å². The summed E-state index contributed by atoms with van der Waals surface area (Å²) >= 11 is 0. The Bertz CT molecular complexity index is 4220. The van der Waals surface area contributed by atoms with Gasteiger partial charge < -0.3 is 13.7 Å². The molecule has 0 bridgehead atoms. The second kappa shape index (κ2) is 12.5. The SMILES string of the molecule is [2H]c1c([2H])c([2H])c(-c2c([2H])c([2H])c([2H])c(-c3c([2H])c([2H])c([2H])c(-n4c5ccccc5c5cccc(-n6c7ccccc7c7c(-n8c9ccccc9c9ccccc98)cccc76)c54)c3[2H])c2[2H])c([2H])c1[2H]. The van der Waals surface area contributed by atoms with Crippen molar-refractivity contribution >= 4 is 65.4 Å². The average molecular weight is 739 g/mol. The van der Waals surface area contributed by atoms with E-state index in [0.717, 1.165) is 60.1 Å². The number of para-hydroxylation sites is 5. The van der Waals surface area contributed by atoms with Gasteiger partial charge in [0.25, 0.3) is 0 Å². The second-order valence-corrected chi connectivity index (χ2v) is 13.9. The molecule has 3 nitrogen and oxygen atoms in total. The zero-order chi connectivity index (χ0) is 48.8. The zero-order valence-corrected chi connectivity index (χ0v) is 30.0. The first-order chi connectivity index (χ1) is 33.7. The van der Waals surface area contributed by atoms with Crippen molar-refractivity contribution in [3.63, 3.8) is 0 Å². The maximum Gasteiger partial charge on any atom is 0.0782 e. The van der Waals surface area contributed by atoms with Crippen LogP contribution in [0.1, 0.15) is 17.8 Å². The van der Waals surface area contributed by atoms with Crippen LogP contribution in [0.4, 0.5) is 0 Å². The van der Waals surface area contributed by atoms with Gasteiger partial charge in [-0.15, -0.1) is 0 Å². The van der Waals surface area contributed by atoms with E-state index in [0.29, 0.717) is 16.7 Å². The molecule has 0 saturated carbocycles. The Morgan fingerprint density at radius 2 is 0.772 bits per heavy atom. The molecule has 266 valence electrons. The normalized spacial score (nSPS) is 15.1. The number of aromatic nitrogens is 3. The molecule has 3 heterocycles. The molecule has 0 fully saturated rings. The van der Waals surface area contributed by atoms with Crippen LogP contribution in [0.15, 0.2) is 212 Å². The van der Waals surface area contributed by atoms with Crippen LogP contribution in [0, 0.1) is 0 Å². The molecule has 3 heteroatoms. The minimum Gasteiger partial charge on any atom is -0.309 e. The summed E-state index contributed by atoms with van der Waals surface area (Å²) in [5, 5.41) is 5.68. The molecule has 0 saturated heterocycles. The third-order valence-corrected chi connectivity index (χ3v) is 10.9. The Hall–Kier alpha value is -7.62. The quantitative estimate of drug-likeness (QED) is 0.167. The van der Waals surface area contributed by atoms with E-state index in [1.165, 1.54) is 0 Å². The molecular formula is C54H35N3. The molecule has 0 N–H and O–H groups in total. The van der Waals surface area contributed by atoms with Crippen LogP contribution in [0.2, 0.25) is 0 Å². The molecule has 12 rings (SSSR count). The number of fused-ring (bicyclic) bond motifs is 9. The third kappa shape index (κ3) is 4.73. The fourth-order valence-electron chi connectivity index (χ4n) is 8.58. The van der Waals surface area contributed by atoms with Crippen molar-refractivity contribution < 1.29 is 17.8 Å². The standard InChI is InChI=1S/C54H35N3/c1-2-16-36(17-3-1)37-18-12-19-38(34-37)39-20-13-21-40(35-39)55-46-27-8-6-24-43(46)44-26-14-33-52(54(44)55)57-49-30-11-7-25-45(49)53-50(31-15-32-51(53)57)56-47-28-9-4-22-41(47)42-23-5-10-29-48(42)56/h1-35H/i1D,2D,3D,12D,13D,16D,17D,18D,19D,20D,21D,34D,35D. The molecule has 0 amide bonds. The molecule has 0 aliphatic rings. The molecule has 0 aliphatic carbocycles. The molecule has 0 radical (unpaired) electrons. The Balaban J connectivity index is 1.19. The zero-order valence-electron chi connectivity index (χ0n) is 43.0. The van der Waals surface area contributed by atoms with Gasteiger partial charge >= 0.3 is 0 Å². The lowest BCUT2D eigenvalue weighted by molar-refractivity contribution is 1.13. The van der Waals surface area contributed by atoms with Gasteiger partial charge in [0.05, 0.1) is 62.3 Å². The summed E-state index contributed by atoms with van der Waals surface area (Å²) in [5.74, 6) is 0. The highest BCUT2D eigenvalue weighted by Crippen LogP contribution is 2.43. The lowest BCUT2D eigenvalue weighted by Gasteiger charge is -2.16. The summed E-state index contributed by atoms with van der Waals surface area (Å²) < 4.78 is 123. The number of rotatable bonds is 5. The fourth-order valence-corrected chi connectivity index (χ4v) is 8.58. The van der Waals surface area contributed by atoms with E-state index >= 15 is 0 Å². The van der Waals surface area contributed by atoms with Gasteiger partial charge in [-0.05, 0) is 82.8 Å². The number of hydrogen-bond donors (Lipinski definition) is 0. The predicted octanol–water partition coefficient (Wildman–Crippen LogP) is 14.3. The van der Waals surface area contributed by atoms with E-state index < -0.39 is 101 Å². The predicted molar refractivity (Wildman–Crippen MR) is 240 cm³/mol. The van der Waals surface area contributed by atoms with Gasteiger partial charge in [0.2, 0.25) is 0 Å². The van der Waals surface area contributed by atoms with Gasteiger partial charge in [-0.2, -0.15) is 0 Å². The van der Waals surface area contributed by atoms with E-state index in [2.05, 4.69) is 51.6 Å². The first-order valence-corrected chi connectivity index (χ1v) is 18.6. The van der Waals surface area contributed by atoms with Crippen molar-refractivity contribution in [2.75, 3.05) is 0 Å². The van der Waals surface area contributed by atoms with Crippen LogP contribution >= 0.6 is 0 Å². The van der Waals surface area contributed by atoms with Crippen LogP contribution in [0.3, 0.4) is 0 Å². The molecule has 0 aliphatic heterocycles. The second-order valence-electron chi connectivity index (χ2n) is 13.9. The van der Waals surface area contributed by atoms with Gasteiger partial charge in [-0.1, -0.05) is 151 Å². The van der Waals surface area contributed by atoms with Crippen LogP contribution in [-0.4, -0.2) is 13.7 Å². The van der Waals surface area contributed by atoms with Crippen LogP contribution in [-0.2, 0) is 0 Å². The molecule has 3 aromatic heterocycles. The molecule has 0 spiro atoms. The number of nitrogens with zero attached hydrogens (tertiary/aromatic N) is 3. The Labute approximate surface area is 347 Å². The van der Waals surface area contributed by atoms with Crippen molar-refractivity contribution in [2.45, 2.75) is 0 Å². The van der Waals surface area contributed by atoms with Gasteiger partial charge in [0, 0.05) is 38.0 Å². The summed E-state index contributed by atoms with van der Waals surface area (Å²) in [6, 6.07) is 35.3. The summed E-state index contributed by atoms with van der Waals surface area (Å²) in [5.41, 5.74) is 4.33. The molecular weight excluding hydrogens is 691 g/mol. The first kappa shape index (κ1) is 21.5. The van der Waals surface area contributed by atoms with Gasteiger partial charge in [-0.3, -0.25) is 0 Å². The van der Waals surface area contributed by atoms with Crippen molar-refractivity contribution in [3.8, 4) is 39.3 Å². The molecule has 0 atom stereocenters. The van der Waals surface area contributed by atoms with Crippen molar-refractivity contribution in [1.82, 2.24) is 13.7 Å².